The fourth-order valence-corrected chi connectivity index (χ4v) is 1.02. The average molecular weight is 257 g/mol. The molecule has 0 aliphatic rings. The van der Waals surface area contributed by atoms with Gasteiger partial charge in [-0.05, 0) is 13.3 Å². The lowest BCUT2D eigenvalue weighted by Gasteiger charge is -2.28. The molecule has 0 bridgehead atoms. The molecule has 2 N–H and O–H groups in total. The third-order valence-electron chi connectivity index (χ3n) is 2.36. The van der Waals surface area contributed by atoms with E-state index in [1.165, 1.54) is 0 Å². The first kappa shape index (κ1) is 16.2. The molecule has 4 nitrogen and oxygen atoms in total. The van der Waals surface area contributed by atoms with Gasteiger partial charge in [0, 0.05) is 13.2 Å². The molecule has 0 aliphatic heterocycles. The third kappa shape index (κ3) is 4.91. The number of alkyl halides is 3. The number of hydrogen-bond donors (Lipinski definition) is 2. The Morgan fingerprint density at radius 1 is 1.35 bits per heavy atom. The van der Waals surface area contributed by atoms with Crippen LogP contribution in [0.15, 0.2) is 0 Å². The van der Waals surface area contributed by atoms with Crippen molar-refractivity contribution >= 4 is 5.97 Å². The summed E-state index contributed by atoms with van der Waals surface area (Å²) >= 11 is 0. The lowest BCUT2D eigenvalue weighted by molar-refractivity contribution is -0.206. The van der Waals surface area contributed by atoms with Gasteiger partial charge in [-0.15, -0.1) is 0 Å². The topological polar surface area (TPSA) is 58.6 Å². The molecular formula is C10H18F3NO3. The van der Waals surface area contributed by atoms with E-state index in [2.05, 4.69) is 0 Å². The van der Waals surface area contributed by atoms with Crippen LogP contribution < -0.4 is 5.32 Å². The van der Waals surface area contributed by atoms with Crippen molar-refractivity contribution in [1.29, 1.82) is 0 Å². The van der Waals surface area contributed by atoms with Gasteiger partial charge in [-0.2, -0.15) is 13.2 Å². The molecule has 0 aromatic heterocycles. The molecule has 0 aromatic carbocycles. The Labute approximate surface area is 98.1 Å². The van der Waals surface area contributed by atoms with Gasteiger partial charge in [-0.25, -0.2) is 4.79 Å². The number of carboxylic acids is 1. The van der Waals surface area contributed by atoms with Gasteiger partial charge >= 0.3 is 12.1 Å². The van der Waals surface area contributed by atoms with Crippen LogP contribution in [0.5, 0.6) is 0 Å². The molecule has 17 heavy (non-hydrogen) atoms. The highest BCUT2D eigenvalue weighted by atomic mass is 19.4. The first-order chi connectivity index (χ1) is 7.75. The summed E-state index contributed by atoms with van der Waals surface area (Å²) in [6, 6.07) is 0. The zero-order valence-corrected chi connectivity index (χ0v) is 9.93. The molecule has 0 fully saturated rings. The van der Waals surface area contributed by atoms with Gasteiger partial charge in [0.1, 0.15) is 0 Å². The second kappa shape index (κ2) is 6.80. The lowest BCUT2D eigenvalue weighted by atomic mass is 10.0. The summed E-state index contributed by atoms with van der Waals surface area (Å²) in [7, 11) is 0. The SMILES string of the molecule is CCCCOCCNC(C)(C(=O)O)C(F)(F)F. The van der Waals surface area contributed by atoms with E-state index in [0.717, 1.165) is 12.8 Å². The molecule has 0 spiro atoms. The van der Waals surface area contributed by atoms with Gasteiger partial charge in [0.2, 0.25) is 5.54 Å². The van der Waals surface area contributed by atoms with E-state index in [-0.39, 0.29) is 13.2 Å². The minimum Gasteiger partial charge on any atom is -0.480 e. The molecule has 0 rings (SSSR count). The van der Waals surface area contributed by atoms with Gasteiger partial charge in [-0.3, -0.25) is 5.32 Å². The van der Waals surface area contributed by atoms with E-state index in [9.17, 15) is 18.0 Å². The number of rotatable bonds is 8. The molecule has 0 radical (unpaired) electrons. The summed E-state index contributed by atoms with van der Waals surface area (Å²) in [6.45, 7) is 2.92. The highest BCUT2D eigenvalue weighted by molar-refractivity contribution is 5.79. The summed E-state index contributed by atoms with van der Waals surface area (Å²) in [5.41, 5.74) is -2.93. The monoisotopic (exact) mass is 257 g/mol. The van der Waals surface area contributed by atoms with Crippen LogP contribution in [0.3, 0.4) is 0 Å². The summed E-state index contributed by atoms with van der Waals surface area (Å²) in [5, 5.41) is 10.5. The molecular weight excluding hydrogens is 239 g/mol. The number of halogens is 3. The number of ether oxygens (including phenoxy) is 1. The summed E-state index contributed by atoms with van der Waals surface area (Å²) < 4.78 is 42.5. The Morgan fingerprint density at radius 2 is 1.94 bits per heavy atom. The quantitative estimate of drug-likeness (QED) is 0.651. The van der Waals surface area contributed by atoms with E-state index < -0.39 is 17.7 Å². The van der Waals surface area contributed by atoms with Crippen molar-refractivity contribution in [3.63, 3.8) is 0 Å². The van der Waals surface area contributed by atoms with Crippen molar-refractivity contribution in [3.8, 4) is 0 Å². The minimum atomic E-state index is -4.84. The van der Waals surface area contributed by atoms with Crippen LogP contribution in [0, 0.1) is 0 Å². The highest BCUT2D eigenvalue weighted by Gasteiger charge is 2.56. The fourth-order valence-electron chi connectivity index (χ4n) is 1.02. The van der Waals surface area contributed by atoms with Crippen molar-refractivity contribution in [2.24, 2.45) is 0 Å². The van der Waals surface area contributed by atoms with Crippen molar-refractivity contribution in [2.75, 3.05) is 19.8 Å². The number of carbonyl (C=O) groups is 1. The Kier molecular flexibility index (Phi) is 6.48. The maximum Gasteiger partial charge on any atom is 0.417 e. The van der Waals surface area contributed by atoms with Gasteiger partial charge < -0.3 is 9.84 Å². The maximum atomic E-state index is 12.5. The second-order valence-corrected chi connectivity index (χ2v) is 3.82. The largest absolute Gasteiger partial charge is 0.480 e. The first-order valence-corrected chi connectivity index (χ1v) is 5.38. The van der Waals surface area contributed by atoms with E-state index in [0.29, 0.717) is 13.5 Å². The molecule has 0 amide bonds. The molecule has 0 heterocycles. The van der Waals surface area contributed by atoms with Crippen molar-refractivity contribution in [3.05, 3.63) is 0 Å². The fraction of sp³-hybridized carbons (Fsp3) is 0.900. The number of carboxylic acid groups (broad SMARTS) is 1. The zero-order chi connectivity index (χ0) is 13.5. The molecule has 0 aliphatic carbocycles. The van der Waals surface area contributed by atoms with E-state index in [1.807, 2.05) is 12.2 Å². The zero-order valence-electron chi connectivity index (χ0n) is 9.93. The van der Waals surface area contributed by atoms with Crippen molar-refractivity contribution < 1.29 is 27.8 Å². The lowest BCUT2D eigenvalue weighted by Crippen LogP contribution is -2.60. The first-order valence-electron chi connectivity index (χ1n) is 5.38. The number of aliphatic carboxylic acids is 1. The van der Waals surface area contributed by atoms with E-state index in [1.54, 1.807) is 0 Å². The molecule has 0 saturated heterocycles. The van der Waals surface area contributed by atoms with Crippen LogP contribution >= 0.6 is 0 Å². The van der Waals surface area contributed by atoms with E-state index in [4.69, 9.17) is 9.84 Å². The Morgan fingerprint density at radius 3 is 2.35 bits per heavy atom. The molecule has 1 unspecified atom stereocenters. The standard InChI is InChI=1S/C10H18F3NO3/c1-3-4-6-17-7-5-14-9(2,8(15)16)10(11,12)13/h14H,3-7H2,1-2H3,(H,15,16). The predicted molar refractivity (Wildman–Crippen MR) is 55.8 cm³/mol. The van der Waals surface area contributed by atoms with Gasteiger partial charge in [0.05, 0.1) is 6.61 Å². The highest BCUT2D eigenvalue weighted by Crippen LogP contribution is 2.30. The number of hydrogen-bond acceptors (Lipinski definition) is 3. The van der Waals surface area contributed by atoms with Crippen molar-refractivity contribution in [1.82, 2.24) is 5.32 Å². The van der Waals surface area contributed by atoms with Gasteiger partial charge in [0.25, 0.3) is 0 Å². The summed E-state index contributed by atoms with van der Waals surface area (Å²) in [4.78, 5) is 10.6. The number of unbranched alkanes of at least 4 members (excludes halogenated alkanes) is 1. The average Bonchev–Trinajstić information content (AvgIpc) is 2.20. The molecule has 1 atom stereocenters. The summed E-state index contributed by atoms with van der Waals surface area (Å²) in [5.74, 6) is -1.95. The van der Waals surface area contributed by atoms with Crippen LogP contribution in [-0.2, 0) is 9.53 Å². The van der Waals surface area contributed by atoms with Crippen LogP contribution in [-0.4, -0.2) is 42.5 Å². The summed E-state index contributed by atoms with van der Waals surface area (Å²) in [6.07, 6.45) is -3.08. The molecule has 0 saturated carbocycles. The number of nitrogens with one attached hydrogen (secondary N) is 1. The van der Waals surface area contributed by atoms with Crippen LogP contribution in [0.2, 0.25) is 0 Å². The molecule has 7 heteroatoms. The van der Waals surface area contributed by atoms with E-state index >= 15 is 0 Å². The van der Waals surface area contributed by atoms with Crippen LogP contribution in [0.25, 0.3) is 0 Å². The molecule has 0 aromatic rings. The Balaban J connectivity index is 4.09. The normalized spacial score (nSPS) is 15.6. The third-order valence-corrected chi connectivity index (χ3v) is 2.36. The predicted octanol–water partition coefficient (Wildman–Crippen LogP) is 1.80. The Bertz CT molecular complexity index is 245. The molecule has 102 valence electrons. The van der Waals surface area contributed by atoms with Gasteiger partial charge in [-0.1, -0.05) is 13.3 Å². The maximum absolute atomic E-state index is 12.5. The van der Waals surface area contributed by atoms with Crippen LogP contribution in [0.4, 0.5) is 13.2 Å². The second-order valence-electron chi connectivity index (χ2n) is 3.82. The smallest absolute Gasteiger partial charge is 0.417 e. The van der Waals surface area contributed by atoms with Crippen molar-refractivity contribution in [2.45, 2.75) is 38.4 Å². The Hall–Kier alpha value is -0.820. The van der Waals surface area contributed by atoms with Crippen LogP contribution in [0.1, 0.15) is 26.7 Å². The van der Waals surface area contributed by atoms with Gasteiger partial charge in [0.15, 0.2) is 0 Å². The minimum absolute atomic E-state index is 0.0545.